The highest BCUT2D eigenvalue weighted by Gasteiger charge is 2.37. The fourth-order valence-corrected chi connectivity index (χ4v) is 3.37. The number of carbonyl (C=O) groups excluding carboxylic acids is 1. The molecule has 8 nitrogen and oxygen atoms in total. The number of methoxy groups -OCH3 is 1. The molecule has 8 heteroatoms. The highest BCUT2D eigenvalue weighted by molar-refractivity contribution is 5.82. The van der Waals surface area contributed by atoms with E-state index in [0.29, 0.717) is 37.7 Å². The summed E-state index contributed by atoms with van der Waals surface area (Å²) < 4.78 is 12.4. The topological polar surface area (TPSA) is 86.3 Å². The number of rotatable bonds is 6. The molecule has 3 heterocycles. The minimum absolute atomic E-state index is 0.0284. The van der Waals surface area contributed by atoms with Gasteiger partial charge in [-0.25, -0.2) is 0 Å². The van der Waals surface area contributed by atoms with E-state index in [-0.39, 0.29) is 5.91 Å². The number of amides is 1. The molecule has 0 unspecified atom stereocenters. The maximum atomic E-state index is 13.2. The molecule has 0 saturated carbocycles. The number of ether oxygens (including phenoxy) is 1. The Morgan fingerprint density at radius 1 is 1.26 bits per heavy atom. The number of carbonyl (C=O) groups is 1. The molecule has 140 valence electrons. The number of aryl methyl sites for hydroxylation is 1. The summed E-state index contributed by atoms with van der Waals surface area (Å²) in [6.07, 6.45) is 0.550. The molecule has 2 aromatic heterocycles. The molecule has 0 saturated heterocycles. The first kappa shape index (κ1) is 17.4. The van der Waals surface area contributed by atoms with Crippen LogP contribution in [-0.4, -0.2) is 51.0 Å². The molecule has 0 N–H and O–H groups in total. The molecule has 0 bridgehead atoms. The van der Waals surface area contributed by atoms with Crippen LogP contribution in [-0.2, 0) is 22.5 Å². The normalized spacial score (nSPS) is 16.6. The largest absolute Gasteiger partial charge is 0.383 e. The molecule has 1 atom stereocenters. The Bertz CT molecular complexity index is 934. The summed E-state index contributed by atoms with van der Waals surface area (Å²) in [5, 5.41) is 12.5. The lowest BCUT2D eigenvalue weighted by Crippen LogP contribution is -2.45. The summed E-state index contributed by atoms with van der Waals surface area (Å²) in [6, 6.07) is 11.3. The lowest BCUT2D eigenvalue weighted by atomic mass is 10.0. The lowest BCUT2D eigenvalue weighted by molar-refractivity contribution is -0.138. The Balaban J connectivity index is 1.75. The van der Waals surface area contributed by atoms with Gasteiger partial charge in [-0.2, -0.15) is 0 Å². The highest BCUT2D eigenvalue weighted by Crippen LogP contribution is 2.31. The molecular formula is C19H21N5O3. The Morgan fingerprint density at radius 2 is 2.07 bits per heavy atom. The van der Waals surface area contributed by atoms with Gasteiger partial charge in [-0.1, -0.05) is 35.5 Å². The summed E-state index contributed by atoms with van der Waals surface area (Å²) in [5.74, 6) is 1.81. The second-order valence-electron chi connectivity index (χ2n) is 6.60. The second kappa shape index (κ2) is 7.32. The molecule has 0 radical (unpaired) electrons. The molecule has 1 aliphatic heterocycles. The van der Waals surface area contributed by atoms with E-state index in [2.05, 4.69) is 15.4 Å². The number of hydrogen-bond donors (Lipinski definition) is 0. The van der Waals surface area contributed by atoms with Crippen molar-refractivity contribution in [3.63, 3.8) is 0 Å². The Hall–Kier alpha value is -3.00. The van der Waals surface area contributed by atoms with E-state index in [0.717, 1.165) is 17.1 Å². The SMILES string of the molecule is COCCN1Cc2nnc(-c3cc(C)no3)n2[C@H](Cc2ccccc2)C1=O. The van der Waals surface area contributed by atoms with Crippen molar-refractivity contribution in [2.24, 2.45) is 0 Å². The standard InChI is InChI=1S/C19H21N5O3/c1-13-10-16(27-22-13)18-21-20-17-12-23(8-9-26-2)19(25)15(24(17)18)11-14-6-4-3-5-7-14/h3-7,10,15H,8-9,11-12H2,1-2H3/t15-/m1/s1. The zero-order chi connectivity index (χ0) is 18.8. The molecule has 27 heavy (non-hydrogen) atoms. The van der Waals surface area contributed by atoms with Crippen molar-refractivity contribution in [2.75, 3.05) is 20.3 Å². The van der Waals surface area contributed by atoms with Gasteiger partial charge in [0.25, 0.3) is 0 Å². The molecule has 1 aromatic carbocycles. The average Bonchev–Trinajstić information content (AvgIpc) is 3.29. The van der Waals surface area contributed by atoms with E-state index >= 15 is 0 Å². The van der Waals surface area contributed by atoms with E-state index in [4.69, 9.17) is 9.26 Å². The van der Waals surface area contributed by atoms with Gasteiger partial charge in [0.1, 0.15) is 6.04 Å². The molecule has 0 aliphatic carbocycles. The van der Waals surface area contributed by atoms with Crippen LogP contribution in [0.1, 0.15) is 23.1 Å². The zero-order valence-corrected chi connectivity index (χ0v) is 15.3. The summed E-state index contributed by atoms with van der Waals surface area (Å²) in [4.78, 5) is 15.0. The molecule has 4 rings (SSSR count). The second-order valence-corrected chi connectivity index (χ2v) is 6.60. The van der Waals surface area contributed by atoms with Crippen LogP contribution in [0.25, 0.3) is 11.6 Å². The van der Waals surface area contributed by atoms with Gasteiger partial charge in [0.05, 0.1) is 18.8 Å². The van der Waals surface area contributed by atoms with Crippen molar-refractivity contribution in [1.82, 2.24) is 24.8 Å². The van der Waals surface area contributed by atoms with Crippen molar-refractivity contribution >= 4 is 5.91 Å². The number of nitrogens with zero attached hydrogens (tertiary/aromatic N) is 5. The fourth-order valence-electron chi connectivity index (χ4n) is 3.37. The highest BCUT2D eigenvalue weighted by atomic mass is 16.5. The molecule has 3 aromatic rings. The number of hydrogen-bond acceptors (Lipinski definition) is 6. The summed E-state index contributed by atoms with van der Waals surface area (Å²) in [6.45, 7) is 3.24. The van der Waals surface area contributed by atoms with E-state index in [1.54, 1.807) is 18.1 Å². The molecule has 0 fully saturated rings. The van der Waals surface area contributed by atoms with Gasteiger partial charge in [-0.3, -0.25) is 9.36 Å². The first-order valence-corrected chi connectivity index (χ1v) is 8.86. The number of benzene rings is 1. The van der Waals surface area contributed by atoms with Crippen molar-refractivity contribution in [1.29, 1.82) is 0 Å². The van der Waals surface area contributed by atoms with E-state index in [1.807, 2.05) is 41.8 Å². The smallest absolute Gasteiger partial charge is 0.246 e. The quantitative estimate of drug-likeness (QED) is 0.662. The monoisotopic (exact) mass is 367 g/mol. The van der Waals surface area contributed by atoms with Crippen LogP contribution in [0.5, 0.6) is 0 Å². The van der Waals surface area contributed by atoms with Gasteiger partial charge < -0.3 is 14.2 Å². The third-order valence-electron chi connectivity index (χ3n) is 4.69. The van der Waals surface area contributed by atoms with Gasteiger partial charge in [0.15, 0.2) is 5.82 Å². The number of aromatic nitrogens is 4. The Kier molecular flexibility index (Phi) is 4.72. The van der Waals surface area contributed by atoms with Gasteiger partial charge in [0, 0.05) is 26.1 Å². The Morgan fingerprint density at radius 3 is 2.78 bits per heavy atom. The maximum Gasteiger partial charge on any atom is 0.246 e. The van der Waals surface area contributed by atoms with Crippen molar-refractivity contribution in [3.8, 4) is 11.6 Å². The fraction of sp³-hybridized carbons (Fsp3) is 0.368. The summed E-state index contributed by atoms with van der Waals surface area (Å²) in [7, 11) is 1.63. The molecule has 1 aliphatic rings. The lowest BCUT2D eigenvalue weighted by Gasteiger charge is -2.33. The van der Waals surface area contributed by atoms with Crippen LogP contribution in [0.4, 0.5) is 0 Å². The van der Waals surface area contributed by atoms with Crippen molar-refractivity contribution < 1.29 is 14.1 Å². The van der Waals surface area contributed by atoms with Crippen LogP contribution in [0.15, 0.2) is 40.9 Å². The first-order chi connectivity index (χ1) is 13.2. The van der Waals surface area contributed by atoms with Crippen molar-refractivity contribution in [2.45, 2.75) is 25.9 Å². The third kappa shape index (κ3) is 3.35. The minimum Gasteiger partial charge on any atom is -0.383 e. The average molecular weight is 367 g/mol. The van der Waals surface area contributed by atoms with Gasteiger partial charge in [-0.15, -0.1) is 10.2 Å². The van der Waals surface area contributed by atoms with Crippen LogP contribution >= 0.6 is 0 Å². The van der Waals surface area contributed by atoms with E-state index < -0.39 is 6.04 Å². The molecule has 1 amide bonds. The number of fused-ring (bicyclic) bond motifs is 1. The first-order valence-electron chi connectivity index (χ1n) is 8.86. The van der Waals surface area contributed by atoms with Crippen LogP contribution in [0.3, 0.4) is 0 Å². The van der Waals surface area contributed by atoms with Gasteiger partial charge in [-0.05, 0) is 12.5 Å². The van der Waals surface area contributed by atoms with Crippen LogP contribution < -0.4 is 0 Å². The van der Waals surface area contributed by atoms with Crippen molar-refractivity contribution in [3.05, 3.63) is 53.5 Å². The maximum absolute atomic E-state index is 13.2. The molecular weight excluding hydrogens is 346 g/mol. The van der Waals surface area contributed by atoms with Crippen LogP contribution in [0.2, 0.25) is 0 Å². The predicted octanol–water partition coefficient (Wildman–Crippen LogP) is 2.01. The minimum atomic E-state index is -0.441. The predicted molar refractivity (Wildman–Crippen MR) is 96.7 cm³/mol. The van der Waals surface area contributed by atoms with E-state index in [9.17, 15) is 4.79 Å². The van der Waals surface area contributed by atoms with Gasteiger partial charge >= 0.3 is 0 Å². The van der Waals surface area contributed by atoms with Gasteiger partial charge in [0.2, 0.25) is 17.5 Å². The van der Waals surface area contributed by atoms with Crippen LogP contribution in [0, 0.1) is 6.92 Å². The summed E-state index contributed by atoms with van der Waals surface area (Å²) >= 11 is 0. The van der Waals surface area contributed by atoms with E-state index in [1.165, 1.54) is 0 Å². The molecule has 0 spiro atoms. The summed E-state index contributed by atoms with van der Waals surface area (Å²) in [5.41, 5.74) is 1.83. The third-order valence-corrected chi connectivity index (χ3v) is 4.69. The Labute approximate surface area is 156 Å². The zero-order valence-electron chi connectivity index (χ0n) is 15.3.